The number of nitrogens with zero attached hydrogens (tertiary/aromatic N) is 1. The number of aromatic nitrogens is 1. The van der Waals surface area contributed by atoms with Crippen molar-refractivity contribution >= 4 is 0 Å². The number of benzene rings is 2. The van der Waals surface area contributed by atoms with E-state index in [9.17, 15) is 13.2 Å². The summed E-state index contributed by atoms with van der Waals surface area (Å²) in [6, 6.07) is 9.28. The van der Waals surface area contributed by atoms with Crippen molar-refractivity contribution in [3.63, 3.8) is 0 Å². The van der Waals surface area contributed by atoms with E-state index in [4.69, 9.17) is 4.42 Å². The third-order valence-corrected chi connectivity index (χ3v) is 4.41. The van der Waals surface area contributed by atoms with Crippen LogP contribution >= 0.6 is 0 Å². The van der Waals surface area contributed by atoms with Crippen LogP contribution < -0.4 is 5.32 Å². The summed E-state index contributed by atoms with van der Waals surface area (Å²) >= 11 is 0. The van der Waals surface area contributed by atoms with Crippen LogP contribution in [0.3, 0.4) is 0 Å². The number of rotatable bonds is 2. The molecule has 0 saturated heterocycles. The Morgan fingerprint density at radius 1 is 1.04 bits per heavy atom. The maximum absolute atomic E-state index is 12.8. The molecule has 3 aromatic rings. The molecule has 2 heterocycles. The van der Waals surface area contributed by atoms with Crippen LogP contribution in [0, 0.1) is 0 Å². The summed E-state index contributed by atoms with van der Waals surface area (Å²) in [4.78, 5) is 4.18. The third-order valence-electron chi connectivity index (χ3n) is 4.41. The Kier molecular flexibility index (Phi) is 3.84. The van der Waals surface area contributed by atoms with Gasteiger partial charge >= 0.3 is 6.18 Å². The van der Waals surface area contributed by atoms with Gasteiger partial charge in [-0.05, 0) is 59.5 Å². The third kappa shape index (κ3) is 3.05. The molecule has 4 rings (SSSR count). The minimum absolute atomic E-state index is 0.501. The molecule has 0 spiro atoms. The van der Waals surface area contributed by atoms with E-state index >= 15 is 0 Å². The molecule has 0 fully saturated rings. The van der Waals surface area contributed by atoms with Gasteiger partial charge in [-0.1, -0.05) is 12.1 Å². The minimum atomic E-state index is -4.33. The topological polar surface area (TPSA) is 38.1 Å². The molecule has 2 aromatic carbocycles. The van der Waals surface area contributed by atoms with Gasteiger partial charge in [0.15, 0.2) is 0 Å². The highest BCUT2D eigenvalue weighted by molar-refractivity contribution is 5.75. The Bertz CT molecular complexity index is 884. The average Bonchev–Trinajstić information content (AvgIpc) is 3.15. The molecule has 1 N–H and O–H groups in total. The van der Waals surface area contributed by atoms with Crippen LogP contribution in [0.1, 0.15) is 16.7 Å². The van der Waals surface area contributed by atoms with Crippen molar-refractivity contribution in [3.8, 4) is 22.6 Å². The Morgan fingerprint density at radius 3 is 2.52 bits per heavy atom. The van der Waals surface area contributed by atoms with Crippen LogP contribution in [0.4, 0.5) is 13.2 Å². The molecule has 128 valence electrons. The van der Waals surface area contributed by atoms with E-state index in [0.29, 0.717) is 5.89 Å². The maximum atomic E-state index is 12.8. The first-order valence-electron chi connectivity index (χ1n) is 7.96. The molecule has 0 atom stereocenters. The van der Waals surface area contributed by atoms with Gasteiger partial charge in [-0.2, -0.15) is 13.2 Å². The van der Waals surface area contributed by atoms with Crippen molar-refractivity contribution in [1.29, 1.82) is 0 Å². The second-order valence-corrected chi connectivity index (χ2v) is 6.00. The number of nitrogens with one attached hydrogen (secondary N) is 1. The number of oxazole rings is 1. The highest BCUT2D eigenvalue weighted by atomic mass is 19.4. The van der Waals surface area contributed by atoms with Crippen LogP contribution in [0.15, 0.2) is 53.3 Å². The monoisotopic (exact) mass is 344 g/mol. The largest absolute Gasteiger partial charge is 0.445 e. The van der Waals surface area contributed by atoms with Crippen molar-refractivity contribution < 1.29 is 17.6 Å². The Hall–Kier alpha value is -2.60. The first-order chi connectivity index (χ1) is 12.0. The summed E-state index contributed by atoms with van der Waals surface area (Å²) in [5, 5.41) is 3.32. The molecule has 1 aromatic heterocycles. The van der Waals surface area contributed by atoms with E-state index in [1.165, 1.54) is 18.4 Å². The number of halogens is 3. The van der Waals surface area contributed by atoms with Crippen molar-refractivity contribution in [2.45, 2.75) is 19.1 Å². The van der Waals surface area contributed by atoms with Gasteiger partial charge in [0.2, 0.25) is 5.89 Å². The molecule has 6 heteroatoms. The molecule has 3 nitrogen and oxygen atoms in total. The van der Waals surface area contributed by atoms with Crippen LogP contribution in [-0.4, -0.2) is 11.5 Å². The zero-order chi connectivity index (χ0) is 17.4. The fourth-order valence-corrected chi connectivity index (χ4v) is 3.21. The molecule has 0 unspecified atom stereocenters. The molecule has 1 aliphatic heterocycles. The standard InChI is InChI=1S/C19H15F3N2O/c20-19(21,22)15-3-1-12(2-4-15)17-10-13(18-24-7-8-25-18)9-14-11-23-6-5-16(14)17/h1-4,7-10,23H,5-6,11H2. The van der Waals surface area contributed by atoms with Crippen molar-refractivity contribution in [3.05, 3.63) is 65.5 Å². The number of fused-ring (bicyclic) bond motifs is 1. The van der Waals surface area contributed by atoms with Gasteiger partial charge in [-0.15, -0.1) is 0 Å². The smallest absolute Gasteiger partial charge is 0.416 e. The van der Waals surface area contributed by atoms with Gasteiger partial charge in [-0.3, -0.25) is 0 Å². The first-order valence-corrected chi connectivity index (χ1v) is 7.96. The van der Waals surface area contributed by atoms with E-state index in [2.05, 4.69) is 10.3 Å². The van der Waals surface area contributed by atoms with Crippen molar-refractivity contribution in [2.75, 3.05) is 6.54 Å². The highest BCUT2D eigenvalue weighted by Crippen LogP contribution is 2.35. The summed E-state index contributed by atoms with van der Waals surface area (Å²) in [6.07, 6.45) is -0.422. The number of alkyl halides is 3. The summed E-state index contributed by atoms with van der Waals surface area (Å²) in [7, 11) is 0. The lowest BCUT2D eigenvalue weighted by Crippen LogP contribution is -2.24. The molecule has 0 amide bonds. The van der Waals surface area contributed by atoms with Gasteiger partial charge in [0, 0.05) is 12.1 Å². The van der Waals surface area contributed by atoms with Crippen LogP contribution in [0.5, 0.6) is 0 Å². The zero-order valence-corrected chi connectivity index (χ0v) is 13.2. The van der Waals surface area contributed by atoms with Crippen molar-refractivity contribution in [2.24, 2.45) is 0 Å². The summed E-state index contributed by atoms with van der Waals surface area (Å²) in [5.74, 6) is 0.501. The molecule has 0 radical (unpaired) electrons. The van der Waals surface area contributed by atoms with Gasteiger partial charge < -0.3 is 9.73 Å². The summed E-state index contributed by atoms with van der Waals surface area (Å²) in [5.41, 5.74) is 4.16. The van der Waals surface area contributed by atoms with Gasteiger partial charge in [0.05, 0.1) is 11.8 Å². The molecule has 1 aliphatic rings. The average molecular weight is 344 g/mol. The molecule has 25 heavy (non-hydrogen) atoms. The molecular weight excluding hydrogens is 329 g/mol. The van der Waals surface area contributed by atoms with Crippen molar-refractivity contribution in [1.82, 2.24) is 10.3 Å². The second-order valence-electron chi connectivity index (χ2n) is 6.00. The van der Waals surface area contributed by atoms with E-state index in [1.54, 1.807) is 6.20 Å². The summed E-state index contributed by atoms with van der Waals surface area (Å²) < 4.78 is 43.8. The molecule has 0 saturated carbocycles. The Labute approximate surface area is 142 Å². The van der Waals surface area contributed by atoms with Gasteiger partial charge in [0.1, 0.15) is 6.26 Å². The fraction of sp³-hybridized carbons (Fsp3) is 0.211. The molecular formula is C19H15F3N2O. The van der Waals surface area contributed by atoms with Crippen LogP contribution in [0.2, 0.25) is 0 Å². The predicted octanol–water partition coefficient (Wildman–Crippen LogP) is 4.67. The van der Waals surface area contributed by atoms with Gasteiger partial charge in [0.25, 0.3) is 0 Å². The van der Waals surface area contributed by atoms with Gasteiger partial charge in [-0.25, -0.2) is 4.98 Å². The first kappa shape index (κ1) is 15.9. The quantitative estimate of drug-likeness (QED) is 0.734. The lowest BCUT2D eigenvalue weighted by molar-refractivity contribution is -0.137. The fourth-order valence-electron chi connectivity index (χ4n) is 3.21. The Balaban J connectivity index is 1.84. The number of hydrogen-bond donors (Lipinski definition) is 1. The molecule has 0 bridgehead atoms. The van der Waals surface area contributed by atoms with E-state index in [0.717, 1.165) is 59.5 Å². The Morgan fingerprint density at radius 2 is 1.84 bits per heavy atom. The zero-order valence-electron chi connectivity index (χ0n) is 13.2. The second kappa shape index (κ2) is 6.04. The van der Waals surface area contributed by atoms with E-state index in [-0.39, 0.29) is 0 Å². The van der Waals surface area contributed by atoms with Crippen LogP contribution in [-0.2, 0) is 19.1 Å². The minimum Gasteiger partial charge on any atom is -0.445 e. The van der Waals surface area contributed by atoms with E-state index in [1.807, 2.05) is 12.1 Å². The lowest BCUT2D eigenvalue weighted by atomic mass is 9.89. The predicted molar refractivity (Wildman–Crippen MR) is 87.8 cm³/mol. The summed E-state index contributed by atoms with van der Waals surface area (Å²) in [6.45, 7) is 1.57. The molecule has 0 aliphatic carbocycles. The normalized spacial score (nSPS) is 14.4. The van der Waals surface area contributed by atoms with Crippen LogP contribution in [0.25, 0.3) is 22.6 Å². The van der Waals surface area contributed by atoms with E-state index < -0.39 is 11.7 Å². The number of hydrogen-bond acceptors (Lipinski definition) is 3. The SMILES string of the molecule is FC(F)(F)c1ccc(-c2cc(-c3ncco3)cc3c2CCNC3)cc1. The maximum Gasteiger partial charge on any atom is 0.416 e. The lowest BCUT2D eigenvalue weighted by Gasteiger charge is -2.22. The highest BCUT2D eigenvalue weighted by Gasteiger charge is 2.30.